The molecule has 1 amide bonds. The summed E-state index contributed by atoms with van der Waals surface area (Å²) >= 11 is 0. The maximum atomic E-state index is 13.1. The first-order valence-corrected chi connectivity index (χ1v) is 9.31. The first kappa shape index (κ1) is 17.4. The van der Waals surface area contributed by atoms with Crippen LogP contribution in [0.5, 0.6) is 0 Å². The fourth-order valence-corrected chi connectivity index (χ4v) is 3.73. The number of aromatic nitrogens is 1. The van der Waals surface area contributed by atoms with Crippen molar-refractivity contribution in [1.82, 2.24) is 19.3 Å². The molecule has 1 aromatic heterocycles. The van der Waals surface area contributed by atoms with Gasteiger partial charge in [0.2, 0.25) is 0 Å². The highest BCUT2D eigenvalue weighted by Crippen LogP contribution is 2.27. The average Bonchev–Trinajstić information content (AvgIpc) is 3.20. The average molecular weight is 360 g/mol. The first-order valence-electron chi connectivity index (χ1n) is 9.31. The third-order valence-corrected chi connectivity index (χ3v) is 5.12. The van der Waals surface area contributed by atoms with Crippen LogP contribution in [0, 0.1) is 12.0 Å². The number of carbonyl (C=O) groups is 1. The molecule has 0 fully saturated rings. The molecule has 4 rings (SSSR count). The molecule has 0 saturated heterocycles. The molecule has 2 aromatic rings. The van der Waals surface area contributed by atoms with Crippen molar-refractivity contribution in [3.8, 4) is 12.0 Å². The van der Waals surface area contributed by atoms with Crippen LogP contribution in [-0.4, -0.2) is 58.5 Å². The molecule has 27 heavy (non-hydrogen) atoms. The first-order chi connectivity index (χ1) is 13.2. The molecule has 0 bridgehead atoms. The zero-order valence-electron chi connectivity index (χ0n) is 15.6. The van der Waals surface area contributed by atoms with Crippen molar-refractivity contribution in [3.63, 3.8) is 0 Å². The Morgan fingerprint density at radius 1 is 1.07 bits per heavy atom. The van der Waals surface area contributed by atoms with Crippen molar-refractivity contribution < 1.29 is 4.79 Å². The summed E-state index contributed by atoms with van der Waals surface area (Å²) in [5.74, 6) is 3.37. The van der Waals surface area contributed by atoms with Gasteiger partial charge in [0.25, 0.3) is 5.91 Å². The monoisotopic (exact) mass is 360 g/mol. The van der Waals surface area contributed by atoms with E-state index in [4.69, 9.17) is 0 Å². The molecule has 0 unspecified atom stereocenters. The van der Waals surface area contributed by atoms with E-state index in [-0.39, 0.29) is 5.91 Å². The van der Waals surface area contributed by atoms with E-state index >= 15 is 0 Å². The Hall–Kier alpha value is -2.97. The summed E-state index contributed by atoms with van der Waals surface area (Å²) in [4.78, 5) is 19.5. The number of hydrogen-bond acceptors (Lipinski definition) is 3. The van der Waals surface area contributed by atoms with Gasteiger partial charge in [-0.2, -0.15) is 0 Å². The number of amides is 1. The zero-order valence-corrected chi connectivity index (χ0v) is 15.6. The zero-order chi connectivity index (χ0) is 18.6. The molecule has 1 aromatic carbocycles. The fraction of sp³-hybridized carbons (Fsp3) is 0.318. The van der Waals surface area contributed by atoms with Crippen LogP contribution in [-0.2, 0) is 11.3 Å². The van der Waals surface area contributed by atoms with E-state index in [2.05, 4.69) is 40.9 Å². The SMILES string of the molecule is CN1CN(Cc2ccccc2)C(=O)C2=C1CCN(CC#Cn1cccc1)C2. The van der Waals surface area contributed by atoms with E-state index in [1.807, 2.05) is 52.2 Å². The standard InChI is InChI=1S/C22H24N4O/c1-23-18-26(16-19-8-3-2-4-9-19)22(27)20-17-25(15-10-21(20)23)14-7-13-24-11-5-6-12-24/h2-6,8-9,11-12H,10,14-18H2,1H3. The van der Waals surface area contributed by atoms with Crippen molar-refractivity contribution in [2.75, 3.05) is 33.4 Å². The van der Waals surface area contributed by atoms with Crippen LogP contribution >= 0.6 is 0 Å². The summed E-state index contributed by atoms with van der Waals surface area (Å²) in [7, 11) is 2.08. The lowest BCUT2D eigenvalue weighted by atomic mass is 10.0. The Morgan fingerprint density at radius 2 is 1.85 bits per heavy atom. The van der Waals surface area contributed by atoms with Gasteiger partial charge in [0, 0.05) is 57.2 Å². The Labute approximate surface area is 160 Å². The van der Waals surface area contributed by atoms with Gasteiger partial charge in [-0.15, -0.1) is 0 Å². The molecule has 0 atom stereocenters. The molecule has 2 aliphatic heterocycles. The molecule has 0 spiro atoms. The van der Waals surface area contributed by atoms with Gasteiger partial charge in [0.15, 0.2) is 0 Å². The van der Waals surface area contributed by atoms with Crippen LogP contribution in [0.15, 0.2) is 66.1 Å². The van der Waals surface area contributed by atoms with Crippen molar-refractivity contribution in [2.24, 2.45) is 0 Å². The van der Waals surface area contributed by atoms with Gasteiger partial charge in [-0.25, -0.2) is 0 Å². The van der Waals surface area contributed by atoms with Crippen LogP contribution in [0.25, 0.3) is 0 Å². The lowest BCUT2D eigenvalue weighted by Gasteiger charge is -2.42. The largest absolute Gasteiger partial charge is 0.360 e. The van der Waals surface area contributed by atoms with E-state index in [1.165, 1.54) is 5.70 Å². The van der Waals surface area contributed by atoms with Gasteiger partial charge in [0.1, 0.15) is 0 Å². The molecule has 138 valence electrons. The van der Waals surface area contributed by atoms with Crippen LogP contribution in [0.2, 0.25) is 0 Å². The molecular weight excluding hydrogens is 336 g/mol. The fourth-order valence-electron chi connectivity index (χ4n) is 3.73. The summed E-state index contributed by atoms with van der Waals surface area (Å²) in [6.07, 6.45) is 4.78. The third-order valence-electron chi connectivity index (χ3n) is 5.12. The van der Waals surface area contributed by atoms with E-state index in [0.717, 1.165) is 24.1 Å². The summed E-state index contributed by atoms with van der Waals surface area (Å²) in [6.45, 7) is 3.58. The van der Waals surface area contributed by atoms with Crippen molar-refractivity contribution in [2.45, 2.75) is 13.0 Å². The highest BCUT2D eigenvalue weighted by molar-refractivity contribution is 5.95. The highest BCUT2D eigenvalue weighted by Gasteiger charge is 2.33. The van der Waals surface area contributed by atoms with Crippen molar-refractivity contribution in [1.29, 1.82) is 0 Å². The molecule has 5 heteroatoms. The summed E-state index contributed by atoms with van der Waals surface area (Å²) < 4.78 is 1.86. The Balaban J connectivity index is 1.45. The second-order valence-electron chi connectivity index (χ2n) is 7.09. The minimum Gasteiger partial charge on any atom is -0.360 e. The summed E-state index contributed by atoms with van der Waals surface area (Å²) in [6, 6.07) is 17.2. The van der Waals surface area contributed by atoms with Crippen LogP contribution < -0.4 is 0 Å². The molecule has 2 aliphatic rings. The molecule has 0 N–H and O–H groups in total. The maximum absolute atomic E-state index is 13.1. The van der Waals surface area contributed by atoms with Crippen LogP contribution in [0.3, 0.4) is 0 Å². The second kappa shape index (κ2) is 7.73. The Kier molecular flexibility index (Phi) is 4.99. The van der Waals surface area contributed by atoms with E-state index in [1.54, 1.807) is 0 Å². The number of nitrogens with zero attached hydrogens (tertiary/aromatic N) is 4. The molecule has 0 saturated carbocycles. The highest BCUT2D eigenvalue weighted by atomic mass is 16.2. The van der Waals surface area contributed by atoms with Crippen LogP contribution in [0.4, 0.5) is 0 Å². The smallest absolute Gasteiger partial charge is 0.254 e. The number of carbonyl (C=O) groups excluding carboxylic acids is 1. The van der Waals surface area contributed by atoms with E-state index in [0.29, 0.717) is 26.3 Å². The van der Waals surface area contributed by atoms with Gasteiger partial charge < -0.3 is 9.80 Å². The quantitative estimate of drug-likeness (QED) is 0.787. The summed E-state index contributed by atoms with van der Waals surface area (Å²) in [5.41, 5.74) is 3.28. The van der Waals surface area contributed by atoms with Gasteiger partial charge in [-0.05, 0) is 17.7 Å². The third kappa shape index (κ3) is 3.91. The minimum atomic E-state index is 0.162. The number of benzene rings is 1. The number of hydrogen-bond donors (Lipinski definition) is 0. The Morgan fingerprint density at radius 3 is 2.63 bits per heavy atom. The topological polar surface area (TPSA) is 31.7 Å². The van der Waals surface area contributed by atoms with E-state index in [9.17, 15) is 4.79 Å². The molecule has 3 heterocycles. The number of rotatable bonds is 3. The molecular formula is C22H24N4O. The predicted molar refractivity (Wildman–Crippen MR) is 105 cm³/mol. The normalized spacial score (nSPS) is 17.6. The van der Waals surface area contributed by atoms with Crippen molar-refractivity contribution >= 4 is 5.91 Å². The van der Waals surface area contributed by atoms with Gasteiger partial charge in [-0.3, -0.25) is 14.3 Å². The molecule has 0 aliphatic carbocycles. The van der Waals surface area contributed by atoms with Gasteiger partial charge >= 0.3 is 0 Å². The maximum Gasteiger partial charge on any atom is 0.254 e. The predicted octanol–water partition coefficient (Wildman–Crippen LogP) is 2.19. The lowest BCUT2D eigenvalue weighted by molar-refractivity contribution is -0.131. The Bertz CT molecular complexity index is 889. The van der Waals surface area contributed by atoms with Gasteiger partial charge in [0.05, 0.1) is 18.8 Å². The van der Waals surface area contributed by atoms with Gasteiger partial charge in [-0.1, -0.05) is 36.3 Å². The van der Waals surface area contributed by atoms with Crippen molar-refractivity contribution in [3.05, 3.63) is 71.7 Å². The lowest BCUT2D eigenvalue weighted by Crippen LogP contribution is -2.50. The minimum absolute atomic E-state index is 0.162. The van der Waals surface area contributed by atoms with E-state index < -0.39 is 0 Å². The van der Waals surface area contributed by atoms with Crippen LogP contribution in [0.1, 0.15) is 12.0 Å². The summed E-state index contributed by atoms with van der Waals surface area (Å²) in [5, 5.41) is 0. The molecule has 5 nitrogen and oxygen atoms in total. The second-order valence-corrected chi connectivity index (χ2v) is 7.09. The molecule has 0 radical (unpaired) electrons.